The fraction of sp³-hybridized carbons (Fsp3) is 0.679. The van der Waals surface area contributed by atoms with E-state index in [2.05, 4.69) is 17.6 Å². The third kappa shape index (κ3) is 10.9. The van der Waals surface area contributed by atoms with Gasteiger partial charge in [0.25, 0.3) is 0 Å². The molecule has 3 N–H and O–H groups in total. The first-order valence-electron chi connectivity index (χ1n) is 13.3. The fourth-order valence-corrected chi connectivity index (χ4v) is 3.85. The molecule has 0 aliphatic carbocycles. The number of nitrogens with one attached hydrogen (secondary N) is 2. The highest BCUT2D eigenvalue weighted by Gasteiger charge is 2.34. The minimum atomic E-state index is -0.889. The number of alkyl carbamates (subject to hydrolysis) is 1. The zero-order valence-corrected chi connectivity index (χ0v) is 23.3. The van der Waals surface area contributed by atoms with E-state index in [-0.39, 0.29) is 17.6 Å². The van der Waals surface area contributed by atoms with Gasteiger partial charge in [-0.05, 0) is 70.7 Å². The van der Waals surface area contributed by atoms with Gasteiger partial charge < -0.3 is 25.4 Å². The molecular weight excluding hydrogens is 458 g/mol. The molecule has 0 spiro atoms. The largest absolute Gasteiger partial charge is 0.508 e. The maximum absolute atomic E-state index is 13.7. The predicted octanol–water partition coefficient (Wildman–Crippen LogP) is 5.37. The van der Waals surface area contributed by atoms with Crippen LogP contribution in [-0.4, -0.2) is 52.6 Å². The van der Waals surface area contributed by atoms with Crippen LogP contribution in [0.3, 0.4) is 0 Å². The van der Waals surface area contributed by atoms with E-state index in [1.54, 1.807) is 57.7 Å². The summed E-state index contributed by atoms with van der Waals surface area (Å²) in [5.41, 5.74) is 0.539. The highest BCUT2D eigenvalue weighted by molar-refractivity contribution is 5.92. The molecule has 0 saturated carbocycles. The van der Waals surface area contributed by atoms with Crippen LogP contribution in [0.25, 0.3) is 0 Å². The molecule has 8 heteroatoms. The van der Waals surface area contributed by atoms with Crippen LogP contribution in [0.15, 0.2) is 18.2 Å². The van der Waals surface area contributed by atoms with Gasteiger partial charge in [0.1, 0.15) is 23.4 Å². The number of carbonyl (C=O) groups is 3. The molecule has 204 valence electrons. The third-order valence-electron chi connectivity index (χ3n) is 5.82. The second-order valence-corrected chi connectivity index (χ2v) is 10.4. The number of nitrogens with zero attached hydrogens (tertiary/aromatic N) is 1. The molecule has 0 fully saturated rings. The second kappa shape index (κ2) is 15.4. The van der Waals surface area contributed by atoms with Crippen molar-refractivity contribution in [2.75, 3.05) is 13.1 Å². The second-order valence-electron chi connectivity index (χ2n) is 10.4. The number of hydrogen-bond donors (Lipinski definition) is 3. The standard InChI is InChI=1S/C28H47N3O5/c1-8-10-12-13-14-18-31(26(34)21(4)30-27(35)36-28(5,6)7)24(25(33)29-17-11-9-2)22-15-16-23(32)20(3)19-22/h15-16,19,21,24,32H,8-14,17-18H2,1-7H3,(H,29,33)(H,30,35). The molecule has 2 unspecified atom stereocenters. The van der Waals surface area contributed by atoms with Gasteiger partial charge in [-0.25, -0.2) is 4.79 Å². The molecule has 2 atom stereocenters. The number of ether oxygens (including phenoxy) is 1. The molecule has 0 aliphatic rings. The molecular formula is C28H47N3O5. The van der Waals surface area contributed by atoms with Gasteiger partial charge in [-0.2, -0.15) is 0 Å². The average Bonchev–Trinajstić information content (AvgIpc) is 2.78. The van der Waals surface area contributed by atoms with Gasteiger partial charge in [0, 0.05) is 13.1 Å². The summed E-state index contributed by atoms with van der Waals surface area (Å²) in [7, 11) is 0. The van der Waals surface area contributed by atoms with Crippen LogP contribution >= 0.6 is 0 Å². The Kier molecular flexibility index (Phi) is 13.3. The number of hydrogen-bond acceptors (Lipinski definition) is 5. The molecule has 3 amide bonds. The maximum Gasteiger partial charge on any atom is 0.408 e. The van der Waals surface area contributed by atoms with Crippen LogP contribution in [0, 0.1) is 6.92 Å². The van der Waals surface area contributed by atoms with E-state index in [4.69, 9.17) is 4.74 Å². The molecule has 1 rings (SSSR count). The van der Waals surface area contributed by atoms with Crippen molar-refractivity contribution in [2.45, 2.75) is 111 Å². The monoisotopic (exact) mass is 505 g/mol. The van der Waals surface area contributed by atoms with Gasteiger partial charge in [0.15, 0.2) is 0 Å². The van der Waals surface area contributed by atoms with Crippen molar-refractivity contribution < 1.29 is 24.2 Å². The maximum atomic E-state index is 13.7. The van der Waals surface area contributed by atoms with Crippen molar-refractivity contribution in [3.63, 3.8) is 0 Å². The lowest BCUT2D eigenvalue weighted by molar-refractivity contribution is -0.142. The molecule has 0 saturated heterocycles. The highest BCUT2D eigenvalue weighted by Crippen LogP contribution is 2.27. The average molecular weight is 506 g/mol. The number of carbonyl (C=O) groups excluding carboxylic acids is 3. The zero-order valence-electron chi connectivity index (χ0n) is 23.3. The molecule has 36 heavy (non-hydrogen) atoms. The van der Waals surface area contributed by atoms with Crippen LogP contribution in [0.5, 0.6) is 5.75 Å². The third-order valence-corrected chi connectivity index (χ3v) is 5.82. The Labute approximate surface area is 217 Å². The van der Waals surface area contributed by atoms with Gasteiger partial charge in [0.2, 0.25) is 11.8 Å². The fourth-order valence-electron chi connectivity index (χ4n) is 3.85. The summed E-state index contributed by atoms with van der Waals surface area (Å²) in [5, 5.41) is 15.6. The van der Waals surface area contributed by atoms with Gasteiger partial charge in [-0.1, -0.05) is 52.0 Å². The minimum absolute atomic E-state index is 0.126. The van der Waals surface area contributed by atoms with Gasteiger partial charge in [-0.3, -0.25) is 9.59 Å². The molecule has 1 aromatic rings. The molecule has 0 aromatic heterocycles. The van der Waals surface area contributed by atoms with E-state index >= 15 is 0 Å². The smallest absolute Gasteiger partial charge is 0.408 e. The van der Waals surface area contributed by atoms with Crippen molar-refractivity contribution in [3.05, 3.63) is 29.3 Å². The number of unbranched alkanes of at least 4 members (excludes halogenated alkanes) is 5. The summed E-state index contributed by atoms with van der Waals surface area (Å²) in [4.78, 5) is 41.0. The van der Waals surface area contributed by atoms with Crippen LogP contribution < -0.4 is 10.6 Å². The van der Waals surface area contributed by atoms with E-state index in [9.17, 15) is 19.5 Å². The highest BCUT2D eigenvalue weighted by atomic mass is 16.6. The topological polar surface area (TPSA) is 108 Å². The molecule has 8 nitrogen and oxygen atoms in total. The summed E-state index contributed by atoms with van der Waals surface area (Å²) >= 11 is 0. The lowest BCUT2D eigenvalue weighted by atomic mass is 9.99. The summed E-state index contributed by atoms with van der Waals surface area (Å²) in [6, 6.07) is 3.18. The van der Waals surface area contributed by atoms with Crippen molar-refractivity contribution in [2.24, 2.45) is 0 Å². The van der Waals surface area contributed by atoms with E-state index in [1.807, 2.05) is 6.92 Å². The minimum Gasteiger partial charge on any atom is -0.508 e. The Balaban J connectivity index is 3.29. The Morgan fingerprint density at radius 3 is 2.25 bits per heavy atom. The Hall–Kier alpha value is -2.77. The Bertz CT molecular complexity index is 850. The molecule has 1 aromatic carbocycles. The van der Waals surface area contributed by atoms with Crippen LogP contribution in [0.2, 0.25) is 0 Å². The molecule has 0 heterocycles. The lowest BCUT2D eigenvalue weighted by Crippen LogP contribution is -2.52. The summed E-state index contributed by atoms with van der Waals surface area (Å²) in [6.07, 6.45) is 6.02. The van der Waals surface area contributed by atoms with E-state index < -0.39 is 23.8 Å². The molecule has 0 aliphatic heterocycles. The number of amides is 3. The predicted molar refractivity (Wildman–Crippen MR) is 143 cm³/mol. The normalized spacial score (nSPS) is 13.0. The molecule has 0 bridgehead atoms. The van der Waals surface area contributed by atoms with Gasteiger partial charge in [-0.15, -0.1) is 0 Å². The Morgan fingerprint density at radius 2 is 1.67 bits per heavy atom. The lowest BCUT2D eigenvalue weighted by Gasteiger charge is -2.34. The number of aryl methyl sites for hydroxylation is 1. The van der Waals surface area contributed by atoms with Crippen LogP contribution in [0.1, 0.15) is 104 Å². The number of rotatable bonds is 14. The van der Waals surface area contributed by atoms with Crippen molar-refractivity contribution in [1.29, 1.82) is 0 Å². The molecule has 0 radical (unpaired) electrons. The number of phenols is 1. The Morgan fingerprint density at radius 1 is 1.03 bits per heavy atom. The first kappa shape index (κ1) is 31.3. The first-order valence-corrected chi connectivity index (χ1v) is 13.3. The number of benzene rings is 1. The zero-order chi connectivity index (χ0) is 27.3. The van der Waals surface area contributed by atoms with E-state index in [0.717, 1.165) is 44.9 Å². The van der Waals surface area contributed by atoms with Crippen molar-refractivity contribution in [3.8, 4) is 5.75 Å². The van der Waals surface area contributed by atoms with Gasteiger partial charge >= 0.3 is 6.09 Å². The number of phenolic OH excluding ortho intramolecular Hbond substituents is 1. The van der Waals surface area contributed by atoms with Crippen molar-refractivity contribution in [1.82, 2.24) is 15.5 Å². The summed E-state index contributed by atoms with van der Waals surface area (Å²) in [5.74, 6) is -0.515. The number of aromatic hydroxyl groups is 1. The van der Waals surface area contributed by atoms with E-state index in [1.165, 1.54) is 0 Å². The first-order chi connectivity index (χ1) is 16.9. The summed E-state index contributed by atoms with van der Waals surface area (Å²) in [6.45, 7) is 13.7. The van der Waals surface area contributed by atoms with Gasteiger partial charge in [0.05, 0.1) is 0 Å². The SMILES string of the molecule is CCCCCCCN(C(=O)C(C)NC(=O)OC(C)(C)C)C(C(=O)NCCCC)c1ccc(O)c(C)c1. The quantitative estimate of drug-likeness (QED) is 0.295. The van der Waals surface area contributed by atoms with Crippen LogP contribution in [0.4, 0.5) is 4.79 Å². The summed E-state index contributed by atoms with van der Waals surface area (Å²) < 4.78 is 5.32. The van der Waals surface area contributed by atoms with Crippen molar-refractivity contribution >= 4 is 17.9 Å². The van der Waals surface area contributed by atoms with Crippen LogP contribution in [-0.2, 0) is 14.3 Å². The van der Waals surface area contributed by atoms with E-state index in [0.29, 0.717) is 24.2 Å².